The maximum absolute atomic E-state index is 11.1. The van der Waals surface area contributed by atoms with Gasteiger partial charge in [0, 0.05) is 0 Å². The van der Waals surface area contributed by atoms with Crippen LogP contribution in [0, 0.1) is 17.3 Å². The van der Waals surface area contributed by atoms with E-state index in [4.69, 9.17) is 9.32 Å². The van der Waals surface area contributed by atoms with Crippen molar-refractivity contribution in [3.63, 3.8) is 0 Å². The highest BCUT2D eigenvalue weighted by molar-refractivity contribution is 7.84. The third kappa shape index (κ3) is 2.77. The molecule has 3 unspecified atom stereocenters. The predicted molar refractivity (Wildman–Crippen MR) is 92.2 cm³/mol. The smallest absolute Gasteiger partial charge is 0.380 e. The second kappa shape index (κ2) is 5.67. The molecule has 0 spiro atoms. The normalized spacial score (nSPS) is 40.1. The number of benzene rings is 1. The summed E-state index contributed by atoms with van der Waals surface area (Å²) in [4.78, 5) is 0. The molecule has 3 aliphatic rings. The molecule has 2 saturated carbocycles. The molecule has 0 aromatic heterocycles. The van der Waals surface area contributed by atoms with Crippen molar-refractivity contribution in [2.24, 2.45) is 22.4 Å². The Kier molecular flexibility index (Phi) is 3.92. The lowest BCUT2D eigenvalue weighted by molar-refractivity contribution is -0.0505. The number of nitrogens with two attached hydrogens (primary N) is 1. The minimum Gasteiger partial charge on any atom is -0.390 e. The molecule has 6 atom stereocenters. The Morgan fingerprint density at radius 2 is 2.04 bits per heavy atom. The van der Waals surface area contributed by atoms with Gasteiger partial charge in [-0.05, 0) is 78.5 Å². The molecule has 4 rings (SSSR count). The van der Waals surface area contributed by atoms with Crippen LogP contribution >= 0.6 is 0 Å². The van der Waals surface area contributed by atoms with Crippen molar-refractivity contribution in [1.82, 2.24) is 0 Å². The van der Waals surface area contributed by atoms with E-state index in [9.17, 15) is 18.6 Å². The summed E-state index contributed by atoms with van der Waals surface area (Å²) >= 11 is 0. The molecule has 0 amide bonds. The molecule has 0 radical (unpaired) electrons. The van der Waals surface area contributed by atoms with E-state index in [0.29, 0.717) is 24.2 Å². The number of hydrogen-bond acceptors (Lipinski definition) is 5. The topological polar surface area (TPSA) is 110 Å². The fourth-order valence-corrected chi connectivity index (χ4v) is 6.10. The Morgan fingerprint density at radius 1 is 1.28 bits per heavy atom. The molecule has 1 aromatic carbocycles. The third-order valence-corrected chi connectivity index (χ3v) is 7.31. The van der Waals surface area contributed by atoms with Gasteiger partial charge in [-0.3, -0.25) is 0 Å². The van der Waals surface area contributed by atoms with Gasteiger partial charge in [0.25, 0.3) is 0 Å². The van der Waals surface area contributed by atoms with Crippen LogP contribution in [0.5, 0.6) is 5.75 Å². The lowest BCUT2D eigenvalue weighted by Crippen LogP contribution is -2.44. The Balaban J connectivity index is 1.64. The molecule has 0 aliphatic heterocycles. The van der Waals surface area contributed by atoms with Gasteiger partial charge in [-0.25, -0.2) is 0 Å². The van der Waals surface area contributed by atoms with Crippen LogP contribution in [-0.2, 0) is 16.7 Å². The van der Waals surface area contributed by atoms with Crippen LogP contribution < -0.4 is 9.32 Å². The van der Waals surface area contributed by atoms with Gasteiger partial charge in [-0.15, -0.1) is 0 Å². The van der Waals surface area contributed by atoms with Crippen LogP contribution in [0.15, 0.2) is 18.2 Å². The SMILES string of the molecule is C[C@]12CCC3c4ccc(OS(N)(=O)=O)cc4CCC3C1C[C@@H](O)[C@@H]2O. The van der Waals surface area contributed by atoms with Crippen molar-refractivity contribution in [1.29, 1.82) is 0 Å². The van der Waals surface area contributed by atoms with Crippen molar-refractivity contribution < 1.29 is 22.8 Å². The largest absolute Gasteiger partial charge is 0.390 e. The van der Waals surface area contributed by atoms with Gasteiger partial charge in [0.2, 0.25) is 0 Å². The average Bonchev–Trinajstić information content (AvgIpc) is 2.76. The van der Waals surface area contributed by atoms with Gasteiger partial charge < -0.3 is 14.4 Å². The standard InChI is InChI=1S/C18H25NO5S/c1-18-7-6-13-12-5-3-11(24-25(19,22)23)8-10(12)2-4-14(13)15(18)9-16(20)17(18)21/h3,5,8,13-17,20-21H,2,4,6-7,9H2,1H3,(H2,19,22,23)/t13?,14?,15?,16-,17+,18+/m1/s1. The van der Waals surface area contributed by atoms with Crippen LogP contribution in [0.1, 0.15) is 49.7 Å². The summed E-state index contributed by atoms with van der Waals surface area (Å²) in [5.74, 6) is 1.42. The summed E-state index contributed by atoms with van der Waals surface area (Å²) in [5, 5.41) is 25.6. The Morgan fingerprint density at radius 3 is 2.76 bits per heavy atom. The lowest BCUT2D eigenvalue weighted by atomic mass is 9.55. The van der Waals surface area contributed by atoms with E-state index in [1.165, 1.54) is 5.56 Å². The maximum Gasteiger partial charge on any atom is 0.380 e. The van der Waals surface area contributed by atoms with E-state index in [1.54, 1.807) is 12.1 Å². The first kappa shape index (κ1) is 17.3. The number of aliphatic hydroxyl groups is 2. The van der Waals surface area contributed by atoms with Crippen molar-refractivity contribution in [3.05, 3.63) is 29.3 Å². The van der Waals surface area contributed by atoms with E-state index in [1.807, 2.05) is 6.07 Å². The average molecular weight is 367 g/mol. The molecular weight excluding hydrogens is 342 g/mol. The third-order valence-electron chi connectivity index (χ3n) is 6.88. The van der Waals surface area contributed by atoms with Crippen molar-refractivity contribution >= 4 is 10.3 Å². The molecule has 3 aliphatic carbocycles. The highest BCUT2D eigenvalue weighted by Crippen LogP contribution is 2.60. The summed E-state index contributed by atoms with van der Waals surface area (Å²) in [6.45, 7) is 2.12. The minimum atomic E-state index is -4.01. The summed E-state index contributed by atoms with van der Waals surface area (Å²) < 4.78 is 27.1. The predicted octanol–water partition coefficient (Wildman–Crippen LogP) is 1.46. The number of fused-ring (bicyclic) bond motifs is 5. The van der Waals surface area contributed by atoms with Gasteiger partial charge >= 0.3 is 10.3 Å². The number of rotatable bonds is 2. The van der Waals surface area contributed by atoms with Crippen molar-refractivity contribution in [2.75, 3.05) is 0 Å². The second-order valence-electron chi connectivity index (χ2n) is 8.14. The number of aryl methyl sites for hydroxylation is 1. The van der Waals surface area contributed by atoms with Crippen LogP contribution in [0.2, 0.25) is 0 Å². The summed E-state index contributed by atoms with van der Waals surface area (Å²) in [5.41, 5.74) is 2.16. The van der Waals surface area contributed by atoms with E-state index in [-0.39, 0.29) is 11.2 Å². The first-order valence-electron chi connectivity index (χ1n) is 8.90. The van der Waals surface area contributed by atoms with E-state index < -0.39 is 22.5 Å². The Hall–Kier alpha value is -1.15. The molecule has 138 valence electrons. The molecule has 1 aromatic rings. The van der Waals surface area contributed by atoms with Crippen LogP contribution in [0.25, 0.3) is 0 Å². The summed E-state index contributed by atoms with van der Waals surface area (Å²) in [6, 6.07) is 5.40. The minimum absolute atomic E-state index is 0.200. The first-order chi connectivity index (χ1) is 11.7. The Bertz CT molecular complexity index is 795. The molecule has 0 bridgehead atoms. The van der Waals surface area contributed by atoms with E-state index in [2.05, 4.69) is 6.92 Å². The van der Waals surface area contributed by atoms with Gasteiger partial charge in [-0.2, -0.15) is 13.6 Å². The van der Waals surface area contributed by atoms with Gasteiger partial charge in [0.05, 0.1) is 12.2 Å². The molecule has 25 heavy (non-hydrogen) atoms. The fourth-order valence-electron chi connectivity index (χ4n) is 5.73. The molecule has 6 nitrogen and oxygen atoms in total. The Labute approximate surface area is 148 Å². The van der Waals surface area contributed by atoms with Crippen molar-refractivity contribution in [3.8, 4) is 5.75 Å². The zero-order chi connectivity index (χ0) is 18.0. The van der Waals surface area contributed by atoms with Crippen LogP contribution in [-0.4, -0.2) is 30.8 Å². The maximum atomic E-state index is 11.1. The molecule has 0 saturated heterocycles. The van der Waals surface area contributed by atoms with E-state index in [0.717, 1.165) is 31.2 Å². The summed E-state index contributed by atoms with van der Waals surface area (Å²) in [7, 11) is -4.01. The molecular formula is C18H25NO5S. The van der Waals surface area contributed by atoms with Crippen LogP contribution in [0.3, 0.4) is 0 Å². The van der Waals surface area contributed by atoms with Crippen LogP contribution in [0.4, 0.5) is 0 Å². The molecule has 0 heterocycles. The lowest BCUT2D eigenvalue weighted by Gasteiger charge is -2.49. The zero-order valence-electron chi connectivity index (χ0n) is 14.3. The monoisotopic (exact) mass is 367 g/mol. The first-order valence-corrected chi connectivity index (χ1v) is 10.4. The van der Waals surface area contributed by atoms with Gasteiger partial charge in [0.1, 0.15) is 5.75 Å². The van der Waals surface area contributed by atoms with Gasteiger partial charge in [0.15, 0.2) is 0 Å². The molecule has 4 N–H and O–H groups in total. The highest BCUT2D eigenvalue weighted by Gasteiger charge is 2.57. The van der Waals surface area contributed by atoms with Crippen molar-refractivity contribution in [2.45, 2.75) is 57.2 Å². The quantitative estimate of drug-likeness (QED) is 0.733. The number of aliphatic hydroxyl groups excluding tert-OH is 2. The number of hydrogen-bond donors (Lipinski definition) is 3. The second-order valence-corrected chi connectivity index (χ2v) is 9.30. The van der Waals surface area contributed by atoms with Gasteiger partial charge in [-0.1, -0.05) is 13.0 Å². The van der Waals surface area contributed by atoms with E-state index >= 15 is 0 Å². The highest BCUT2D eigenvalue weighted by atomic mass is 32.2. The molecule has 7 heteroatoms. The fraction of sp³-hybridized carbons (Fsp3) is 0.667. The zero-order valence-corrected chi connectivity index (χ0v) is 15.1. The molecule has 2 fully saturated rings. The summed E-state index contributed by atoms with van der Waals surface area (Å²) in [6.07, 6.45) is 3.11.